The molecule has 0 unspecified atom stereocenters. The van der Waals surface area contributed by atoms with Crippen LogP contribution in [0.25, 0.3) is 0 Å². The number of nitrogens with zero attached hydrogens (tertiary/aromatic N) is 1. The van der Waals surface area contributed by atoms with Crippen LogP contribution in [0.3, 0.4) is 0 Å². The van der Waals surface area contributed by atoms with Crippen molar-refractivity contribution in [2.45, 2.75) is 0 Å². The largest absolute Gasteiger partial charge is 0.340 e. The van der Waals surface area contributed by atoms with Crippen molar-refractivity contribution in [2.24, 2.45) is 0 Å². The van der Waals surface area contributed by atoms with Crippen LogP contribution in [0.15, 0.2) is 79.0 Å². The number of amides is 1. The summed E-state index contributed by atoms with van der Waals surface area (Å²) in [5.74, 6) is 0.469. The minimum atomic E-state index is -0.162. The molecular weight excluding hydrogens is 274 g/mol. The van der Waals surface area contributed by atoms with E-state index < -0.39 is 0 Å². The SMILES string of the molecule is O=C(Nc1ccccc1)c1ccnc(Nc2ccccc2)c1. The van der Waals surface area contributed by atoms with Gasteiger partial charge in [0.1, 0.15) is 5.82 Å². The molecule has 2 N–H and O–H groups in total. The quantitative estimate of drug-likeness (QED) is 0.761. The smallest absolute Gasteiger partial charge is 0.255 e. The number of carbonyl (C=O) groups excluding carboxylic acids is 1. The number of rotatable bonds is 4. The lowest BCUT2D eigenvalue weighted by molar-refractivity contribution is 0.102. The zero-order chi connectivity index (χ0) is 15.2. The number of nitrogens with one attached hydrogen (secondary N) is 2. The molecule has 1 heterocycles. The molecule has 2 aromatic carbocycles. The minimum Gasteiger partial charge on any atom is -0.340 e. The molecule has 4 nitrogen and oxygen atoms in total. The Balaban J connectivity index is 1.75. The van der Waals surface area contributed by atoms with Gasteiger partial charge in [0.05, 0.1) is 0 Å². The molecule has 0 spiro atoms. The highest BCUT2D eigenvalue weighted by Crippen LogP contribution is 2.16. The molecule has 1 aromatic heterocycles. The van der Waals surface area contributed by atoms with Crippen molar-refractivity contribution in [3.63, 3.8) is 0 Å². The Morgan fingerprint density at radius 1 is 0.818 bits per heavy atom. The lowest BCUT2D eigenvalue weighted by Crippen LogP contribution is -2.12. The van der Waals surface area contributed by atoms with Crippen molar-refractivity contribution < 1.29 is 4.79 Å². The van der Waals surface area contributed by atoms with Gasteiger partial charge in [-0.05, 0) is 36.4 Å². The van der Waals surface area contributed by atoms with Gasteiger partial charge in [-0.25, -0.2) is 4.98 Å². The standard InChI is InChI=1S/C18H15N3O/c22-18(21-16-9-5-2-6-10-16)14-11-12-19-17(13-14)20-15-7-3-1-4-8-15/h1-13H,(H,19,20)(H,21,22). The third-order valence-corrected chi connectivity index (χ3v) is 3.10. The second kappa shape index (κ2) is 6.54. The number of benzene rings is 2. The number of para-hydroxylation sites is 2. The van der Waals surface area contributed by atoms with Crippen LogP contribution >= 0.6 is 0 Å². The summed E-state index contributed by atoms with van der Waals surface area (Å²) in [7, 11) is 0. The number of hydrogen-bond acceptors (Lipinski definition) is 3. The summed E-state index contributed by atoms with van der Waals surface area (Å²) in [4.78, 5) is 16.5. The summed E-state index contributed by atoms with van der Waals surface area (Å²) in [6.07, 6.45) is 1.62. The molecule has 0 aliphatic heterocycles. The fraction of sp³-hybridized carbons (Fsp3) is 0. The third kappa shape index (κ3) is 3.49. The van der Waals surface area contributed by atoms with Crippen molar-refractivity contribution in [1.29, 1.82) is 0 Å². The van der Waals surface area contributed by atoms with Gasteiger partial charge in [-0.3, -0.25) is 4.79 Å². The first kappa shape index (κ1) is 13.8. The monoisotopic (exact) mass is 289 g/mol. The Morgan fingerprint density at radius 2 is 1.45 bits per heavy atom. The molecule has 0 saturated heterocycles. The average Bonchev–Trinajstić information content (AvgIpc) is 2.57. The predicted molar refractivity (Wildman–Crippen MR) is 88.4 cm³/mol. The molecule has 0 aliphatic carbocycles. The van der Waals surface area contributed by atoms with Gasteiger partial charge in [-0.15, -0.1) is 0 Å². The van der Waals surface area contributed by atoms with Crippen LogP contribution in [-0.2, 0) is 0 Å². The molecule has 4 heteroatoms. The van der Waals surface area contributed by atoms with E-state index in [1.807, 2.05) is 60.7 Å². The molecule has 3 aromatic rings. The Bertz CT molecular complexity index is 758. The summed E-state index contributed by atoms with van der Waals surface area (Å²) in [6.45, 7) is 0. The molecule has 22 heavy (non-hydrogen) atoms. The zero-order valence-corrected chi connectivity index (χ0v) is 11.9. The van der Waals surface area contributed by atoms with E-state index in [4.69, 9.17) is 0 Å². The zero-order valence-electron chi connectivity index (χ0n) is 11.9. The van der Waals surface area contributed by atoms with Crippen molar-refractivity contribution >= 4 is 23.1 Å². The molecule has 0 fully saturated rings. The van der Waals surface area contributed by atoms with Gasteiger partial charge in [0.25, 0.3) is 5.91 Å². The maximum Gasteiger partial charge on any atom is 0.255 e. The first-order valence-corrected chi connectivity index (χ1v) is 6.96. The molecule has 0 radical (unpaired) electrons. The van der Waals surface area contributed by atoms with Crippen LogP contribution in [0.5, 0.6) is 0 Å². The normalized spacial score (nSPS) is 10.0. The Labute approximate surface area is 128 Å². The molecule has 0 atom stereocenters. The van der Waals surface area contributed by atoms with E-state index in [2.05, 4.69) is 15.6 Å². The first-order valence-electron chi connectivity index (χ1n) is 6.96. The maximum absolute atomic E-state index is 12.3. The minimum absolute atomic E-state index is 0.162. The van der Waals surface area contributed by atoms with E-state index in [-0.39, 0.29) is 5.91 Å². The Kier molecular flexibility index (Phi) is 4.11. The van der Waals surface area contributed by atoms with Crippen molar-refractivity contribution in [1.82, 2.24) is 4.98 Å². The second-order valence-corrected chi connectivity index (χ2v) is 4.74. The van der Waals surface area contributed by atoms with Crippen LogP contribution in [0.2, 0.25) is 0 Å². The van der Waals surface area contributed by atoms with Crippen LogP contribution in [0.1, 0.15) is 10.4 Å². The Morgan fingerprint density at radius 3 is 2.14 bits per heavy atom. The highest BCUT2D eigenvalue weighted by atomic mass is 16.1. The molecule has 108 valence electrons. The second-order valence-electron chi connectivity index (χ2n) is 4.74. The number of anilines is 3. The lowest BCUT2D eigenvalue weighted by Gasteiger charge is -2.08. The molecule has 1 amide bonds. The summed E-state index contributed by atoms with van der Waals surface area (Å²) < 4.78 is 0. The molecule has 0 aliphatic rings. The topological polar surface area (TPSA) is 54.0 Å². The fourth-order valence-corrected chi connectivity index (χ4v) is 2.03. The van der Waals surface area contributed by atoms with E-state index in [0.29, 0.717) is 11.4 Å². The van der Waals surface area contributed by atoms with Crippen LogP contribution < -0.4 is 10.6 Å². The van der Waals surface area contributed by atoms with Gasteiger partial charge in [-0.1, -0.05) is 36.4 Å². The summed E-state index contributed by atoms with van der Waals surface area (Å²) >= 11 is 0. The summed E-state index contributed by atoms with van der Waals surface area (Å²) in [5, 5.41) is 6.03. The fourth-order valence-electron chi connectivity index (χ4n) is 2.03. The average molecular weight is 289 g/mol. The molecule has 0 saturated carbocycles. The predicted octanol–water partition coefficient (Wildman–Crippen LogP) is 4.08. The number of carbonyl (C=O) groups is 1. The Hall–Kier alpha value is -3.14. The van der Waals surface area contributed by atoms with E-state index >= 15 is 0 Å². The van der Waals surface area contributed by atoms with Gasteiger partial charge in [0.2, 0.25) is 0 Å². The summed E-state index contributed by atoms with van der Waals surface area (Å²) in [5.41, 5.74) is 2.25. The van der Waals surface area contributed by atoms with Crippen molar-refractivity contribution in [2.75, 3.05) is 10.6 Å². The first-order chi connectivity index (χ1) is 10.8. The molecular formula is C18H15N3O. The van der Waals surface area contributed by atoms with Gasteiger partial charge in [0.15, 0.2) is 0 Å². The van der Waals surface area contributed by atoms with Crippen LogP contribution in [-0.4, -0.2) is 10.9 Å². The van der Waals surface area contributed by atoms with E-state index in [1.165, 1.54) is 0 Å². The van der Waals surface area contributed by atoms with Crippen LogP contribution in [0.4, 0.5) is 17.2 Å². The third-order valence-electron chi connectivity index (χ3n) is 3.10. The molecule has 0 bridgehead atoms. The number of pyridine rings is 1. The highest BCUT2D eigenvalue weighted by molar-refractivity contribution is 6.04. The van der Waals surface area contributed by atoms with Gasteiger partial charge >= 0.3 is 0 Å². The summed E-state index contributed by atoms with van der Waals surface area (Å²) in [6, 6.07) is 22.5. The highest BCUT2D eigenvalue weighted by Gasteiger charge is 2.07. The van der Waals surface area contributed by atoms with E-state index in [9.17, 15) is 4.79 Å². The molecule has 3 rings (SSSR count). The van der Waals surface area contributed by atoms with Gasteiger partial charge in [0, 0.05) is 23.1 Å². The maximum atomic E-state index is 12.3. The van der Waals surface area contributed by atoms with Crippen LogP contribution in [0, 0.1) is 0 Å². The van der Waals surface area contributed by atoms with E-state index in [0.717, 1.165) is 11.4 Å². The number of hydrogen-bond donors (Lipinski definition) is 2. The van der Waals surface area contributed by atoms with Crippen molar-refractivity contribution in [3.05, 3.63) is 84.6 Å². The van der Waals surface area contributed by atoms with Gasteiger partial charge in [-0.2, -0.15) is 0 Å². The van der Waals surface area contributed by atoms with Crippen molar-refractivity contribution in [3.8, 4) is 0 Å². The van der Waals surface area contributed by atoms with E-state index in [1.54, 1.807) is 18.3 Å². The lowest BCUT2D eigenvalue weighted by atomic mass is 10.2. The number of aromatic nitrogens is 1. The van der Waals surface area contributed by atoms with Gasteiger partial charge < -0.3 is 10.6 Å².